The van der Waals surface area contributed by atoms with Crippen molar-refractivity contribution in [3.05, 3.63) is 52.8 Å². The fraction of sp³-hybridized carbons (Fsp3) is 0.389. The molecule has 1 fully saturated rings. The van der Waals surface area contributed by atoms with Crippen LogP contribution in [0.25, 0.3) is 0 Å². The van der Waals surface area contributed by atoms with Gasteiger partial charge in [0.05, 0.1) is 11.3 Å². The number of amides is 2. The van der Waals surface area contributed by atoms with Crippen LogP contribution in [0.5, 0.6) is 0 Å². The molecule has 1 aromatic carbocycles. The number of halogens is 3. The zero-order valence-electron chi connectivity index (χ0n) is 14.8. The number of aromatic nitrogens is 2. The summed E-state index contributed by atoms with van der Waals surface area (Å²) in [6, 6.07) is 6.65. The van der Waals surface area contributed by atoms with E-state index in [1.54, 1.807) is 0 Å². The quantitative estimate of drug-likeness (QED) is 0.800. The Labute approximate surface area is 153 Å². The van der Waals surface area contributed by atoms with Crippen LogP contribution in [0.3, 0.4) is 0 Å². The number of hydrogen-bond acceptors (Lipinski definition) is 3. The van der Waals surface area contributed by atoms with Crippen molar-refractivity contribution < 1.29 is 22.8 Å². The number of nitrogens with zero attached hydrogens (tertiary/aromatic N) is 2. The predicted molar refractivity (Wildman–Crippen MR) is 90.3 cm³/mol. The van der Waals surface area contributed by atoms with Crippen LogP contribution in [0, 0.1) is 19.8 Å². The molecule has 0 saturated heterocycles. The first-order valence-electron chi connectivity index (χ1n) is 8.42. The molecule has 2 N–H and O–H groups in total. The van der Waals surface area contributed by atoms with E-state index in [-0.39, 0.29) is 24.3 Å². The molecular weight excluding hydrogens is 361 g/mol. The van der Waals surface area contributed by atoms with E-state index >= 15 is 0 Å². The van der Waals surface area contributed by atoms with Crippen molar-refractivity contribution in [1.82, 2.24) is 20.6 Å². The number of benzene rings is 1. The van der Waals surface area contributed by atoms with Gasteiger partial charge in [-0.1, -0.05) is 12.1 Å². The smallest absolute Gasteiger partial charge is 0.273 e. The van der Waals surface area contributed by atoms with Gasteiger partial charge in [0.15, 0.2) is 0 Å². The molecule has 3 rings (SSSR count). The van der Waals surface area contributed by atoms with Gasteiger partial charge in [-0.2, -0.15) is 18.3 Å². The highest BCUT2D eigenvalue weighted by atomic mass is 19.4. The van der Waals surface area contributed by atoms with Gasteiger partial charge in [0.2, 0.25) is 5.91 Å². The topological polar surface area (TPSA) is 76.0 Å². The number of rotatable bonds is 4. The number of nitrogens with one attached hydrogen (secondary N) is 2. The second-order valence-corrected chi connectivity index (χ2v) is 6.69. The van der Waals surface area contributed by atoms with Gasteiger partial charge < -0.3 is 0 Å². The minimum atomic E-state index is -4.38. The average molecular weight is 380 g/mol. The molecule has 2 amide bonds. The largest absolute Gasteiger partial charge is 0.416 e. The lowest BCUT2D eigenvalue weighted by Crippen LogP contribution is -2.44. The Morgan fingerprint density at radius 2 is 1.85 bits per heavy atom. The zero-order chi connectivity index (χ0) is 19.8. The summed E-state index contributed by atoms with van der Waals surface area (Å²) in [6.07, 6.45) is -3.85. The molecule has 2 unspecified atom stereocenters. The van der Waals surface area contributed by atoms with Gasteiger partial charge in [-0.15, -0.1) is 0 Å². The summed E-state index contributed by atoms with van der Waals surface area (Å²) in [5, 5.41) is 4.16. The number of aryl methyl sites for hydroxylation is 2. The standard InChI is InChI=1S/C18H19F3N4O2/c1-10-7-11(2)25(24-10)9-16(26)22-23-17(27)15-8-14(15)12-3-5-13(6-4-12)18(19,20)21/h3-7,14-15H,8-9H2,1-2H3,(H,22,26)(H,23,27). The number of hydrazine groups is 1. The Kier molecular flexibility index (Phi) is 4.95. The Morgan fingerprint density at radius 3 is 2.41 bits per heavy atom. The van der Waals surface area contributed by atoms with Crippen molar-refractivity contribution >= 4 is 11.8 Å². The molecule has 1 aliphatic carbocycles. The lowest BCUT2D eigenvalue weighted by Gasteiger charge is -2.09. The van der Waals surface area contributed by atoms with Crippen LogP contribution in [0.4, 0.5) is 13.2 Å². The third-order valence-corrected chi connectivity index (χ3v) is 4.52. The summed E-state index contributed by atoms with van der Waals surface area (Å²) in [7, 11) is 0. The molecule has 2 atom stereocenters. The van der Waals surface area contributed by atoms with Crippen molar-refractivity contribution in [3.8, 4) is 0 Å². The molecule has 0 bridgehead atoms. The SMILES string of the molecule is Cc1cc(C)n(CC(=O)NNC(=O)C2CC2c2ccc(C(F)(F)F)cc2)n1. The average Bonchev–Trinajstić information content (AvgIpc) is 3.33. The van der Waals surface area contributed by atoms with Crippen molar-refractivity contribution in [3.63, 3.8) is 0 Å². The van der Waals surface area contributed by atoms with E-state index < -0.39 is 17.6 Å². The molecule has 2 aromatic rings. The minimum Gasteiger partial charge on any atom is -0.273 e. The summed E-state index contributed by atoms with van der Waals surface area (Å²) in [5.74, 6) is -1.28. The zero-order valence-corrected chi connectivity index (χ0v) is 14.8. The number of hydrogen-bond donors (Lipinski definition) is 2. The van der Waals surface area contributed by atoms with Crippen LogP contribution in [0.1, 0.15) is 34.9 Å². The molecule has 9 heteroatoms. The highest BCUT2D eigenvalue weighted by Crippen LogP contribution is 2.47. The summed E-state index contributed by atoms with van der Waals surface area (Å²) in [4.78, 5) is 24.0. The lowest BCUT2D eigenvalue weighted by molar-refractivity contribution is -0.137. The second-order valence-electron chi connectivity index (χ2n) is 6.69. The molecule has 1 aromatic heterocycles. The fourth-order valence-electron chi connectivity index (χ4n) is 3.01. The number of carbonyl (C=O) groups is 2. The maximum Gasteiger partial charge on any atom is 0.416 e. The monoisotopic (exact) mass is 380 g/mol. The predicted octanol–water partition coefficient (Wildman–Crippen LogP) is 2.47. The molecule has 0 aliphatic heterocycles. The Morgan fingerprint density at radius 1 is 1.19 bits per heavy atom. The van der Waals surface area contributed by atoms with Crippen molar-refractivity contribution in [1.29, 1.82) is 0 Å². The van der Waals surface area contributed by atoms with Gasteiger partial charge in [-0.05, 0) is 49.9 Å². The third-order valence-electron chi connectivity index (χ3n) is 4.52. The normalized spacial score (nSPS) is 18.9. The van der Waals surface area contributed by atoms with Crippen LogP contribution >= 0.6 is 0 Å². The van der Waals surface area contributed by atoms with E-state index in [4.69, 9.17) is 0 Å². The second kappa shape index (κ2) is 7.05. The summed E-state index contributed by atoms with van der Waals surface area (Å²) < 4.78 is 39.3. The first-order valence-corrected chi connectivity index (χ1v) is 8.42. The van der Waals surface area contributed by atoms with Gasteiger partial charge in [-0.25, -0.2) is 0 Å². The van der Waals surface area contributed by atoms with E-state index in [1.165, 1.54) is 16.8 Å². The van der Waals surface area contributed by atoms with E-state index in [1.807, 2.05) is 19.9 Å². The van der Waals surface area contributed by atoms with E-state index in [0.717, 1.165) is 23.5 Å². The molecule has 0 spiro atoms. The number of alkyl halides is 3. The Balaban J connectivity index is 1.48. The molecule has 1 aliphatic rings. The number of carbonyl (C=O) groups excluding carboxylic acids is 2. The molecule has 144 valence electrons. The highest BCUT2D eigenvalue weighted by Gasteiger charge is 2.44. The minimum absolute atomic E-state index is 0.0209. The van der Waals surface area contributed by atoms with Gasteiger partial charge in [0, 0.05) is 11.6 Å². The van der Waals surface area contributed by atoms with Gasteiger partial charge in [-0.3, -0.25) is 25.1 Å². The maximum absolute atomic E-state index is 12.6. The Bertz CT molecular complexity index is 858. The first-order chi connectivity index (χ1) is 12.6. The van der Waals surface area contributed by atoms with Crippen molar-refractivity contribution in [2.45, 2.75) is 38.9 Å². The van der Waals surface area contributed by atoms with Gasteiger partial charge >= 0.3 is 6.18 Å². The molecular formula is C18H19F3N4O2. The molecule has 27 heavy (non-hydrogen) atoms. The fourth-order valence-corrected chi connectivity index (χ4v) is 3.01. The Hall–Kier alpha value is -2.84. The van der Waals surface area contributed by atoms with E-state index in [2.05, 4.69) is 16.0 Å². The third kappa shape index (κ3) is 4.47. The van der Waals surface area contributed by atoms with Crippen LogP contribution < -0.4 is 10.9 Å². The van der Waals surface area contributed by atoms with Crippen LogP contribution in [-0.4, -0.2) is 21.6 Å². The van der Waals surface area contributed by atoms with Crippen molar-refractivity contribution in [2.75, 3.05) is 0 Å². The van der Waals surface area contributed by atoms with Crippen LogP contribution in [0.15, 0.2) is 30.3 Å². The van der Waals surface area contributed by atoms with Gasteiger partial charge in [0.1, 0.15) is 6.54 Å². The summed E-state index contributed by atoms with van der Waals surface area (Å²) >= 11 is 0. The van der Waals surface area contributed by atoms with Crippen molar-refractivity contribution in [2.24, 2.45) is 5.92 Å². The summed E-state index contributed by atoms with van der Waals surface area (Å²) in [6.45, 7) is 3.62. The van der Waals surface area contributed by atoms with Gasteiger partial charge in [0.25, 0.3) is 5.91 Å². The van der Waals surface area contributed by atoms with Crippen LogP contribution in [0.2, 0.25) is 0 Å². The van der Waals surface area contributed by atoms with E-state index in [9.17, 15) is 22.8 Å². The van der Waals surface area contributed by atoms with E-state index in [0.29, 0.717) is 12.0 Å². The molecule has 1 saturated carbocycles. The van der Waals surface area contributed by atoms with Crippen LogP contribution in [-0.2, 0) is 22.3 Å². The maximum atomic E-state index is 12.6. The first kappa shape index (κ1) is 18.9. The summed E-state index contributed by atoms with van der Waals surface area (Å²) in [5.41, 5.74) is 6.29. The lowest BCUT2D eigenvalue weighted by atomic mass is 10.1. The molecule has 0 radical (unpaired) electrons. The molecule has 6 nitrogen and oxygen atoms in total. The molecule has 1 heterocycles. The highest BCUT2D eigenvalue weighted by molar-refractivity contribution is 5.85.